The molecule has 0 aliphatic carbocycles. The zero-order valence-corrected chi connectivity index (χ0v) is 9.23. The van der Waals surface area contributed by atoms with Gasteiger partial charge in [-0.1, -0.05) is 0 Å². The molecule has 0 aliphatic heterocycles. The summed E-state index contributed by atoms with van der Waals surface area (Å²) < 4.78 is 31.0. The first-order valence-electron chi connectivity index (χ1n) is 5.11. The van der Waals surface area contributed by atoms with Crippen molar-refractivity contribution in [2.24, 2.45) is 0 Å². The van der Waals surface area contributed by atoms with Crippen LogP contribution in [0.15, 0.2) is 36.5 Å². The summed E-state index contributed by atoms with van der Waals surface area (Å²) in [4.78, 5) is 3.42. The van der Waals surface area contributed by atoms with Crippen LogP contribution in [0, 0.1) is 23.1 Å². The number of nitrogens with zero attached hydrogens (tertiary/aromatic N) is 2. The van der Waals surface area contributed by atoms with Crippen molar-refractivity contribution in [2.75, 3.05) is 0 Å². The lowest BCUT2D eigenvalue weighted by Gasteiger charge is -2.06. The van der Waals surface area contributed by atoms with E-state index < -0.39 is 11.8 Å². The van der Waals surface area contributed by atoms with Gasteiger partial charge in [0.2, 0.25) is 5.95 Å². The fourth-order valence-electron chi connectivity index (χ4n) is 1.41. The van der Waals surface area contributed by atoms with Gasteiger partial charge in [-0.25, -0.2) is 9.37 Å². The highest BCUT2D eigenvalue weighted by Crippen LogP contribution is 2.13. The summed E-state index contributed by atoms with van der Waals surface area (Å²) in [5.41, 5.74) is 0.752. The smallest absolute Gasteiger partial charge is 0.213 e. The molecule has 0 aliphatic rings. The first kappa shape index (κ1) is 12.0. The van der Waals surface area contributed by atoms with Gasteiger partial charge in [0, 0.05) is 0 Å². The average Bonchev–Trinajstić information content (AvgIpc) is 2.37. The molecule has 0 amide bonds. The normalized spacial score (nSPS) is 9.83. The second-order valence-corrected chi connectivity index (χ2v) is 3.57. The number of halogens is 2. The first-order chi connectivity index (χ1) is 8.67. The highest BCUT2D eigenvalue weighted by molar-refractivity contribution is 5.33. The van der Waals surface area contributed by atoms with Crippen molar-refractivity contribution in [3.05, 3.63) is 59.4 Å². The second-order valence-electron chi connectivity index (χ2n) is 3.57. The molecule has 0 saturated carbocycles. The first-order valence-corrected chi connectivity index (χ1v) is 5.11. The number of pyridine rings is 1. The van der Waals surface area contributed by atoms with E-state index in [1.165, 1.54) is 30.5 Å². The van der Waals surface area contributed by atoms with Crippen molar-refractivity contribution in [3.8, 4) is 11.8 Å². The van der Waals surface area contributed by atoms with E-state index in [9.17, 15) is 8.78 Å². The highest BCUT2D eigenvalue weighted by Gasteiger charge is 2.02. The van der Waals surface area contributed by atoms with E-state index in [0.717, 1.165) is 6.07 Å². The quantitative estimate of drug-likeness (QED) is 0.782. The molecule has 2 rings (SSSR count). The van der Waals surface area contributed by atoms with E-state index in [2.05, 4.69) is 4.98 Å². The molecule has 0 fully saturated rings. The Hall–Kier alpha value is -2.48. The lowest BCUT2D eigenvalue weighted by Crippen LogP contribution is -1.97. The largest absolute Gasteiger partial charge is 0.487 e. The van der Waals surface area contributed by atoms with Gasteiger partial charge in [-0.15, -0.1) is 0 Å². The third-order valence-electron chi connectivity index (χ3n) is 2.19. The summed E-state index contributed by atoms with van der Waals surface area (Å²) in [6.45, 7) is 0.0831. The molecule has 0 unspecified atom stereocenters. The van der Waals surface area contributed by atoms with Gasteiger partial charge < -0.3 is 4.74 Å². The monoisotopic (exact) mass is 246 g/mol. The molecular formula is C13H8F2N2O. The molecule has 5 heteroatoms. The zero-order valence-electron chi connectivity index (χ0n) is 9.23. The molecule has 1 heterocycles. The Morgan fingerprint density at radius 2 is 2.06 bits per heavy atom. The van der Waals surface area contributed by atoms with Crippen molar-refractivity contribution < 1.29 is 13.5 Å². The van der Waals surface area contributed by atoms with E-state index in [0.29, 0.717) is 11.3 Å². The minimum Gasteiger partial charge on any atom is -0.487 e. The maximum Gasteiger partial charge on any atom is 0.213 e. The maximum atomic E-state index is 13.1. The topological polar surface area (TPSA) is 45.9 Å². The van der Waals surface area contributed by atoms with Crippen molar-refractivity contribution in [2.45, 2.75) is 6.61 Å². The fraction of sp³-hybridized carbons (Fsp3) is 0.0769. The predicted molar refractivity (Wildman–Crippen MR) is 59.6 cm³/mol. The standard InChI is InChI=1S/C13H8F2N2O/c14-11-4-9(6-16)3-10(5-11)8-18-12-1-2-13(15)17-7-12/h1-5,7H,8H2. The van der Waals surface area contributed by atoms with Crippen LogP contribution < -0.4 is 4.74 Å². The predicted octanol–water partition coefficient (Wildman–Crippen LogP) is 2.81. The average molecular weight is 246 g/mol. The van der Waals surface area contributed by atoms with Gasteiger partial charge in [-0.2, -0.15) is 9.65 Å². The van der Waals surface area contributed by atoms with Crippen LogP contribution >= 0.6 is 0 Å². The Kier molecular flexibility index (Phi) is 3.49. The van der Waals surface area contributed by atoms with Crippen molar-refractivity contribution in [1.29, 1.82) is 5.26 Å². The minimum absolute atomic E-state index is 0.0831. The summed E-state index contributed by atoms with van der Waals surface area (Å²) in [6.07, 6.45) is 1.24. The van der Waals surface area contributed by atoms with Gasteiger partial charge in [-0.05, 0) is 35.9 Å². The third kappa shape index (κ3) is 3.01. The summed E-state index contributed by atoms with van der Waals surface area (Å²) in [6, 6.07) is 8.39. The van der Waals surface area contributed by atoms with Gasteiger partial charge in [-0.3, -0.25) is 0 Å². The van der Waals surface area contributed by atoms with Gasteiger partial charge in [0.15, 0.2) is 0 Å². The van der Waals surface area contributed by atoms with E-state index >= 15 is 0 Å². The maximum absolute atomic E-state index is 13.1. The summed E-state index contributed by atoms with van der Waals surface area (Å²) in [7, 11) is 0. The van der Waals surface area contributed by atoms with Gasteiger partial charge in [0.05, 0.1) is 17.8 Å². The molecular weight excluding hydrogens is 238 g/mol. The van der Waals surface area contributed by atoms with E-state index in [4.69, 9.17) is 10.00 Å². The summed E-state index contributed by atoms with van der Waals surface area (Å²) in [5, 5.41) is 8.69. The van der Waals surface area contributed by atoms with Crippen LogP contribution in [-0.2, 0) is 6.61 Å². The summed E-state index contributed by atoms with van der Waals surface area (Å²) >= 11 is 0. The molecule has 0 bridgehead atoms. The van der Waals surface area contributed by atoms with E-state index in [1.807, 2.05) is 6.07 Å². The van der Waals surface area contributed by atoms with Crippen LogP contribution in [0.4, 0.5) is 8.78 Å². The molecule has 0 radical (unpaired) electrons. The lowest BCUT2D eigenvalue weighted by molar-refractivity contribution is 0.303. The van der Waals surface area contributed by atoms with Crippen LogP contribution in [-0.4, -0.2) is 4.98 Å². The zero-order chi connectivity index (χ0) is 13.0. The van der Waals surface area contributed by atoms with Crippen molar-refractivity contribution >= 4 is 0 Å². The van der Waals surface area contributed by atoms with Gasteiger partial charge in [0.1, 0.15) is 18.2 Å². The molecule has 0 atom stereocenters. The van der Waals surface area contributed by atoms with E-state index in [1.54, 1.807) is 0 Å². The third-order valence-corrected chi connectivity index (χ3v) is 2.19. The second kappa shape index (κ2) is 5.23. The molecule has 1 aromatic heterocycles. The Labute approximate surface area is 102 Å². The molecule has 18 heavy (non-hydrogen) atoms. The van der Waals surface area contributed by atoms with Crippen LogP contribution in [0.5, 0.6) is 5.75 Å². The Bertz CT molecular complexity index is 591. The Balaban J connectivity index is 2.08. The minimum atomic E-state index is -0.597. The van der Waals surface area contributed by atoms with Crippen molar-refractivity contribution in [1.82, 2.24) is 4.98 Å². The van der Waals surface area contributed by atoms with Crippen LogP contribution in [0.1, 0.15) is 11.1 Å². The number of ether oxygens (including phenoxy) is 1. The molecule has 0 N–H and O–H groups in total. The molecule has 1 aromatic carbocycles. The number of rotatable bonds is 3. The number of benzene rings is 1. The SMILES string of the molecule is N#Cc1cc(F)cc(COc2ccc(F)nc2)c1. The van der Waals surface area contributed by atoms with Crippen LogP contribution in [0.2, 0.25) is 0 Å². The molecule has 0 spiro atoms. The van der Waals surface area contributed by atoms with Gasteiger partial charge >= 0.3 is 0 Å². The number of hydrogen-bond acceptors (Lipinski definition) is 3. The highest BCUT2D eigenvalue weighted by atomic mass is 19.1. The van der Waals surface area contributed by atoms with Gasteiger partial charge in [0.25, 0.3) is 0 Å². The van der Waals surface area contributed by atoms with Crippen LogP contribution in [0.3, 0.4) is 0 Å². The number of hydrogen-bond donors (Lipinski definition) is 0. The van der Waals surface area contributed by atoms with Crippen LogP contribution in [0.25, 0.3) is 0 Å². The summed E-state index contributed by atoms with van der Waals surface area (Å²) in [5.74, 6) is -0.719. The fourth-order valence-corrected chi connectivity index (χ4v) is 1.41. The molecule has 90 valence electrons. The molecule has 0 saturated heterocycles. The number of nitriles is 1. The Morgan fingerprint density at radius 3 is 2.72 bits per heavy atom. The number of aromatic nitrogens is 1. The molecule has 3 nitrogen and oxygen atoms in total. The van der Waals surface area contributed by atoms with E-state index in [-0.39, 0.29) is 12.2 Å². The Morgan fingerprint density at radius 1 is 1.22 bits per heavy atom. The lowest BCUT2D eigenvalue weighted by atomic mass is 10.1. The molecule has 2 aromatic rings. The van der Waals surface area contributed by atoms with Crippen molar-refractivity contribution in [3.63, 3.8) is 0 Å².